The van der Waals surface area contributed by atoms with Crippen LogP contribution < -0.4 is 0 Å². The number of hydrogen-bond donors (Lipinski definition) is 8. The van der Waals surface area contributed by atoms with Crippen LogP contribution in [0, 0.1) is 11.8 Å². The summed E-state index contributed by atoms with van der Waals surface area (Å²) in [6, 6.07) is 3.86. The number of benzene rings is 1. The lowest BCUT2D eigenvalue weighted by Crippen LogP contribution is -2.61. The molecule has 14 heteroatoms. The van der Waals surface area contributed by atoms with E-state index in [0.717, 1.165) is 12.3 Å². The first-order chi connectivity index (χ1) is 18.3. The molecule has 214 valence electrons. The average Bonchev–Trinajstić information content (AvgIpc) is 3.12. The van der Waals surface area contributed by atoms with Gasteiger partial charge in [-0.2, -0.15) is 0 Å². The normalized spacial score (nSPS) is 38.1. The number of ether oxygens (including phenoxy) is 4. The third-order valence-corrected chi connectivity index (χ3v) is 7.27. The minimum Gasteiger partial charge on any atom is -0.504 e. The van der Waals surface area contributed by atoms with Crippen LogP contribution in [0.25, 0.3) is 6.08 Å². The number of aliphatic hydroxyl groups is 5. The number of aliphatic carboxylic acids is 1. The van der Waals surface area contributed by atoms with Crippen molar-refractivity contribution in [2.45, 2.75) is 62.0 Å². The van der Waals surface area contributed by atoms with E-state index in [1.165, 1.54) is 31.2 Å². The van der Waals surface area contributed by atoms with Gasteiger partial charge in [0, 0.05) is 12.0 Å². The predicted molar refractivity (Wildman–Crippen MR) is 126 cm³/mol. The number of carboxylic acids is 1. The molecule has 1 saturated carbocycles. The van der Waals surface area contributed by atoms with Crippen LogP contribution in [0.2, 0.25) is 0 Å². The third-order valence-electron chi connectivity index (χ3n) is 7.27. The molecule has 2 heterocycles. The molecule has 1 aromatic carbocycles. The van der Waals surface area contributed by atoms with Gasteiger partial charge in [0.1, 0.15) is 31.0 Å². The molecule has 2 fully saturated rings. The van der Waals surface area contributed by atoms with Gasteiger partial charge in [-0.25, -0.2) is 9.59 Å². The Hall–Kier alpha value is -3.24. The maximum Gasteiger partial charge on any atom is 0.334 e. The predicted octanol–water partition coefficient (Wildman–Crippen LogP) is -1.45. The molecule has 8 N–H and O–H groups in total. The van der Waals surface area contributed by atoms with E-state index < -0.39 is 79.1 Å². The zero-order valence-electron chi connectivity index (χ0n) is 20.6. The minimum absolute atomic E-state index is 0.0930. The highest BCUT2D eigenvalue weighted by Crippen LogP contribution is 2.49. The minimum atomic E-state index is -1.84. The topological polar surface area (TPSA) is 233 Å². The number of aromatic hydroxyl groups is 2. The summed E-state index contributed by atoms with van der Waals surface area (Å²) in [7, 11) is 0. The van der Waals surface area contributed by atoms with Crippen molar-refractivity contribution < 1.29 is 69.4 Å². The maximum absolute atomic E-state index is 12.1. The van der Waals surface area contributed by atoms with Crippen molar-refractivity contribution in [1.82, 2.24) is 0 Å². The number of phenols is 2. The first kappa shape index (κ1) is 28.8. The Balaban J connectivity index is 1.43. The fourth-order valence-corrected chi connectivity index (χ4v) is 5.00. The number of carboxylic acid groups (broad SMARTS) is 1. The molecule has 2 aliphatic heterocycles. The summed E-state index contributed by atoms with van der Waals surface area (Å²) in [5.41, 5.74) is -1.64. The SMILES string of the molecule is CC1(O)C(O)CC2C(C(=O)O)=COC(OC3OC(COC(=O)/C=C/c4ccc(O)c(O)c4)C(O)C(O)C3O)C21. The Kier molecular flexibility index (Phi) is 8.18. The van der Waals surface area contributed by atoms with Crippen LogP contribution in [0.15, 0.2) is 36.1 Å². The Bertz CT molecular complexity index is 1150. The van der Waals surface area contributed by atoms with Crippen LogP contribution in [-0.4, -0.2) is 108 Å². The average molecular weight is 555 g/mol. The van der Waals surface area contributed by atoms with Crippen molar-refractivity contribution in [2.24, 2.45) is 11.8 Å². The van der Waals surface area contributed by atoms with Gasteiger partial charge in [0.15, 0.2) is 17.8 Å². The van der Waals surface area contributed by atoms with Crippen molar-refractivity contribution in [3.8, 4) is 11.5 Å². The summed E-state index contributed by atoms with van der Waals surface area (Å²) >= 11 is 0. The quantitative estimate of drug-likeness (QED) is 0.109. The zero-order valence-corrected chi connectivity index (χ0v) is 20.6. The molecule has 10 unspecified atom stereocenters. The maximum atomic E-state index is 12.1. The van der Waals surface area contributed by atoms with E-state index in [9.17, 15) is 50.4 Å². The van der Waals surface area contributed by atoms with Gasteiger partial charge < -0.3 is 59.8 Å². The van der Waals surface area contributed by atoms with Gasteiger partial charge in [-0.1, -0.05) is 6.07 Å². The molecule has 0 aromatic heterocycles. The van der Waals surface area contributed by atoms with E-state index in [1.54, 1.807) is 0 Å². The van der Waals surface area contributed by atoms with Crippen LogP contribution in [0.3, 0.4) is 0 Å². The zero-order chi connectivity index (χ0) is 28.6. The Morgan fingerprint density at radius 3 is 2.46 bits per heavy atom. The smallest absolute Gasteiger partial charge is 0.334 e. The molecule has 0 spiro atoms. The van der Waals surface area contributed by atoms with Crippen molar-refractivity contribution in [3.63, 3.8) is 0 Å². The second-order valence-electron chi connectivity index (χ2n) is 9.85. The van der Waals surface area contributed by atoms with Gasteiger partial charge >= 0.3 is 11.9 Å². The molecule has 14 nitrogen and oxygen atoms in total. The lowest BCUT2D eigenvalue weighted by atomic mass is 9.81. The summed E-state index contributed by atoms with van der Waals surface area (Å²) in [5, 5.41) is 80.7. The highest BCUT2D eigenvalue weighted by atomic mass is 16.8. The number of rotatable bonds is 7. The van der Waals surface area contributed by atoms with Crippen LogP contribution in [-0.2, 0) is 28.5 Å². The van der Waals surface area contributed by atoms with E-state index >= 15 is 0 Å². The molecule has 3 aliphatic rings. The standard InChI is InChI=1S/C25H30O14/c1-25(35)16(28)7-11-12(22(33)34)8-37-23(18(11)25)39-24-21(32)20(31)19(30)15(38-24)9-36-17(29)5-3-10-2-4-13(26)14(27)6-10/h2-6,8,11,15-16,18-21,23-24,26-28,30-32,35H,7,9H2,1H3,(H,33,34)/b5-3+. The fourth-order valence-electron chi connectivity index (χ4n) is 5.00. The van der Waals surface area contributed by atoms with Crippen molar-refractivity contribution in [1.29, 1.82) is 0 Å². The van der Waals surface area contributed by atoms with Crippen LogP contribution in [0.4, 0.5) is 0 Å². The van der Waals surface area contributed by atoms with Crippen LogP contribution in [0.5, 0.6) is 11.5 Å². The second kappa shape index (κ2) is 11.1. The van der Waals surface area contributed by atoms with Gasteiger partial charge in [-0.3, -0.25) is 0 Å². The van der Waals surface area contributed by atoms with E-state index in [0.29, 0.717) is 5.56 Å². The van der Waals surface area contributed by atoms with Gasteiger partial charge in [-0.05, 0) is 37.1 Å². The van der Waals surface area contributed by atoms with Crippen molar-refractivity contribution >= 4 is 18.0 Å². The molecule has 1 aromatic rings. The molecule has 0 radical (unpaired) electrons. The molecule has 1 aliphatic carbocycles. The summed E-state index contributed by atoms with van der Waals surface area (Å²) < 4.78 is 21.7. The summed E-state index contributed by atoms with van der Waals surface area (Å²) in [5.74, 6) is -4.86. The molecular weight excluding hydrogens is 524 g/mol. The summed E-state index contributed by atoms with van der Waals surface area (Å²) in [6.07, 6.45) is -7.94. The highest BCUT2D eigenvalue weighted by molar-refractivity contribution is 5.87. The van der Waals surface area contributed by atoms with Gasteiger partial charge in [0.05, 0.1) is 29.5 Å². The molecular formula is C25H30O14. The second-order valence-corrected chi connectivity index (χ2v) is 9.85. The number of carbonyl (C=O) groups excluding carboxylic acids is 1. The molecule has 1 saturated heterocycles. The summed E-state index contributed by atoms with van der Waals surface area (Å²) in [6.45, 7) is 0.713. The molecule has 0 bridgehead atoms. The Morgan fingerprint density at radius 1 is 1.08 bits per heavy atom. The van der Waals surface area contributed by atoms with Gasteiger partial charge in [0.25, 0.3) is 0 Å². The number of carbonyl (C=O) groups is 2. The van der Waals surface area contributed by atoms with Gasteiger partial charge in [-0.15, -0.1) is 0 Å². The van der Waals surface area contributed by atoms with Gasteiger partial charge in [0.2, 0.25) is 6.29 Å². The molecule has 39 heavy (non-hydrogen) atoms. The number of esters is 1. The third kappa shape index (κ3) is 5.72. The number of aliphatic hydroxyl groups excluding tert-OH is 4. The van der Waals surface area contributed by atoms with E-state index in [2.05, 4.69) is 0 Å². The lowest BCUT2D eigenvalue weighted by Gasteiger charge is -2.44. The molecule has 4 rings (SSSR count). The van der Waals surface area contributed by atoms with Crippen LogP contribution >= 0.6 is 0 Å². The lowest BCUT2D eigenvalue weighted by molar-refractivity contribution is -0.347. The fraction of sp³-hybridized carbons (Fsp3) is 0.520. The largest absolute Gasteiger partial charge is 0.504 e. The van der Waals surface area contributed by atoms with Crippen molar-refractivity contribution in [2.75, 3.05) is 6.61 Å². The van der Waals surface area contributed by atoms with Crippen LogP contribution in [0.1, 0.15) is 18.9 Å². The summed E-state index contributed by atoms with van der Waals surface area (Å²) in [4.78, 5) is 23.8. The number of hydrogen-bond acceptors (Lipinski definition) is 13. The van der Waals surface area contributed by atoms with E-state index in [-0.39, 0.29) is 23.5 Å². The molecule has 0 amide bonds. The monoisotopic (exact) mass is 554 g/mol. The van der Waals surface area contributed by atoms with E-state index in [1.807, 2.05) is 0 Å². The first-order valence-corrected chi connectivity index (χ1v) is 12.0. The highest BCUT2D eigenvalue weighted by Gasteiger charge is 2.59. The van der Waals surface area contributed by atoms with Crippen molar-refractivity contribution in [3.05, 3.63) is 41.7 Å². The Morgan fingerprint density at radius 2 is 1.79 bits per heavy atom. The Labute approximate surface area is 221 Å². The van der Waals surface area contributed by atoms with E-state index in [4.69, 9.17) is 18.9 Å². The number of phenolic OH excluding ortho intramolecular Hbond substituents is 2. The first-order valence-electron chi connectivity index (χ1n) is 12.0. The molecule has 10 atom stereocenters. The number of fused-ring (bicyclic) bond motifs is 1.